The molecule has 1 atom stereocenters. The average molecular weight is 356 g/mol. The Bertz CT molecular complexity index is 476. The summed E-state index contributed by atoms with van der Waals surface area (Å²) in [6.07, 6.45) is 2.86. The molecule has 0 spiro atoms. The zero-order chi connectivity index (χ0) is 15.7. The number of aliphatic carboxylic acids is 1. The number of halogens is 1. The van der Waals surface area contributed by atoms with E-state index in [9.17, 15) is 9.59 Å². The number of carbonyl (C=O) groups excluding carboxylic acids is 1. The smallest absolute Gasteiger partial charge is 0.303 e. The molecule has 21 heavy (non-hydrogen) atoms. The van der Waals surface area contributed by atoms with Gasteiger partial charge in [0.25, 0.3) is 0 Å². The van der Waals surface area contributed by atoms with Crippen LogP contribution in [0.15, 0.2) is 28.7 Å². The highest BCUT2D eigenvalue weighted by Gasteiger charge is 2.07. The molecule has 1 aromatic carbocycles. The Labute approximate surface area is 134 Å². The Kier molecular flexibility index (Phi) is 8.05. The van der Waals surface area contributed by atoms with Crippen LogP contribution in [-0.2, 0) is 16.0 Å². The van der Waals surface area contributed by atoms with Crippen LogP contribution in [0.25, 0.3) is 0 Å². The monoisotopic (exact) mass is 355 g/mol. The largest absolute Gasteiger partial charge is 0.481 e. The summed E-state index contributed by atoms with van der Waals surface area (Å²) in [5.41, 5.74) is 1.13. The van der Waals surface area contributed by atoms with Crippen molar-refractivity contribution in [2.75, 3.05) is 6.54 Å². The maximum atomic E-state index is 11.7. The highest BCUT2D eigenvalue weighted by molar-refractivity contribution is 9.10. The van der Waals surface area contributed by atoms with E-state index in [0.717, 1.165) is 22.9 Å². The number of hydrogen-bond donors (Lipinski definition) is 2. The van der Waals surface area contributed by atoms with E-state index in [2.05, 4.69) is 21.2 Å². The lowest BCUT2D eigenvalue weighted by Gasteiger charge is -2.10. The molecular weight excluding hydrogens is 334 g/mol. The SMILES string of the molecule is CC(CCNC(=O)CCc1cccc(Br)c1)CCC(=O)O. The fourth-order valence-corrected chi connectivity index (χ4v) is 2.46. The van der Waals surface area contributed by atoms with Crippen molar-refractivity contribution in [2.45, 2.75) is 39.0 Å². The van der Waals surface area contributed by atoms with E-state index >= 15 is 0 Å². The molecule has 0 aliphatic rings. The maximum Gasteiger partial charge on any atom is 0.303 e. The van der Waals surface area contributed by atoms with Gasteiger partial charge in [-0.3, -0.25) is 9.59 Å². The summed E-state index contributed by atoms with van der Waals surface area (Å²) in [6.45, 7) is 2.62. The first kappa shape index (κ1) is 17.7. The van der Waals surface area contributed by atoms with E-state index < -0.39 is 5.97 Å². The molecule has 0 bridgehead atoms. The summed E-state index contributed by atoms with van der Waals surface area (Å²) in [6, 6.07) is 7.94. The molecule has 116 valence electrons. The third-order valence-electron chi connectivity index (χ3n) is 3.34. The van der Waals surface area contributed by atoms with Crippen molar-refractivity contribution >= 4 is 27.8 Å². The van der Waals surface area contributed by atoms with Gasteiger partial charge in [0.15, 0.2) is 0 Å². The second-order valence-electron chi connectivity index (χ2n) is 5.31. The molecule has 0 aliphatic heterocycles. The molecule has 0 radical (unpaired) electrons. The van der Waals surface area contributed by atoms with Crippen molar-refractivity contribution in [3.05, 3.63) is 34.3 Å². The highest BCUT2D eigenvalue weighted by Crippen LogP contribution is 2.13. The lowest BCUT2D eigenvalue weighted by Crippen LogP contribution is -2.25. The van der Waals surface area contributed by atoms with Crippen molar-refractivity contribution < 1.29 is 14.7 Å². The summed E-state index contributed by atoms with van der Waals surface area (Å²) in [5.74, 6) is -0.410. The first-order valence-corrected chi connectivity index (χ1v) is 7.99. The number of amides is 1. The normalized spacial score (nSPS) is 11.9. The van der Waals surface area contributed by atoms with E-state index in [1.807, 2.05) is 31.2 Å². The predicted octanol–water partition coefficient (Wildman–Crippen LogP) is 3.39. The van der Waals surface area contributed by atoms with Crippen molar-refractivity contribution in [1.29, 1.82) is 0 Å². The Morgan fingerprint density at radius 2 is 2.05 bits per heavy atom. The third kappa shape index (κ3) is 8.50. The molecule has 0 fully saturated rings. The van der Waals surface area contributed by atoms with Gasteiger partial charge in [-0.25, -0.2) is 0 Å². The average Bonchev–Trinajstić information content (AvgIpc) is 2.43. The van der Waals surface area contributed by atoms with Gasteiger partial charge >= 0.3 is 5.97 Å². The molecule has 0 saturated carbocycles. The van der Waals surface area contributed by atoms with E-state index in [-0.39, 0.29) is 12.3 Å². The molecule has 2 N–H and O–H groups in total. The van der Waals surface area contributed by atoms with Crippen LogP contribution in [0.3, 0.4) is 0 Å². The van der Waals surface area contributed by atoms with Crippen molar-refractivity contribution in [3.63, 3.8) is 0 Å². The van der Waals surface area contributed by atoms with E-state index in [0.29, 0.717) is 25.3 Å². The standard InChI is InChI=1S/C16H22BrNO3/c1-12(5-8-16(20)21)9-10-18-15(19)7-6-13-3-2-4-14(17)11-13/h2-4,11-12H,5-10H2,1H3,(H,18,19)(H,20,21). The Morgan fingerprint density at radius 1 is 1.29 bits per heavy atom. The minimum absolute atomic E-state index is 0.0420. The summed E-state index contributed by atoms with van der Waals surface area (Å²) < 4.78 is 1.02. The summed E-state index contributed by atoms with van der Waals surface area (Å²) >= 11 is 3.41. The molecule has 1 aromatic rings. The fraction of sp³-hybridized carbons (Fsp3) is 0.500. The molecule has 0 aromatic heterocycles. The molecule has 0 saturated heterocycles. The number of benzene rings is 1. The molecule has 4 nitrogen and oxygen atoms in total. The van der Waals surface area contributed by atoms with E-state index in [1.54, 1.807) is 0 Å². The summed E-state index contributed by atoms with van der Waals surface area (Å²) in [4.78, 5) is 22.2. The van der Waals surface area contributed by atoms with Crippen molar-refractivity contribution in [2.24, 2.45) is 5.92 Å². The molecule has 0 aliphatic carbocycles. The minimum atomic E-state index is -0.764. The van der Waals surface area contributed by atoms with Crippen molar-refractivity contribution in [1.82, 2.24) is 5.32 Å². The van der Waals surface area contributed by atoms with E-state index in [1.165, 1.54) is 0 Å². The van der Waals surface area contributed by atoms with Gasteiger partial charge in [-0.1, -0.05) is 35.0 Å². The van der Waals surface area contributed by atoms with Crippen LogP contribution in [-0.4, -0.2) is 23.5 Å². The topological polar surface area (TPSA) is 66.4 Å². The molecule has 1 amide bonds. The number of nitrogens with one attached hydrogen (secondary N) is 1. The van der Waals surface area contributed by atoms with Crippen LogP contribution in [0.4, 0.5) is 0 Å². The van der Waals surface area contributed by atoms with Gasteiger partial charge in [-0.15, -0.1) is 0 Å². The van der Waals surface area contributed by atoms with Crippen LogP contribution < -0.4 is 5.32 Å². The Morgan fingerprint density at radius 3 is 2.71 bits per heavy atom. The molecule has 5 heteroatoms. The molecule has 1 unspecified atom stereocenters. The molecular formula is C16H22BrNO3. The fourth-order valence-electron chi connectivity index (χ4n) is 2.01. The van der Waals surface area contributed by atoms with Gasteiger partial charge in [0.2, 0.25) is 5.91 Å². The van der Waals surface area contributed by atoms with Gasteiger partial charge in [0, 0.05) is 23.9 Å². The van der Waals surface area contributed by atoms with Crippen LogP contribution in [0.2, 0.25) is 0 Å². The van der Waals surface area contributed by atoms with Gasteiger partial charge in [-0.05, 0) is 42.9 Å². The first-order chi connectivity index (χ1) is 9.97. The molecule has 0 heterocycles. The zero-order valence-electron chi connectivity index (χ0n) is 12.3. The lowest BCUT2D eigenvalue weighted by molar-refractivity contribution is -0.137. The van der Waals surface area contributed by atoms with Crippen LogP contribution >= 0.6 is 15.9 Å². The Hall–Kier alpha value is -1.36. The second-order valence-corrected chi connectivity index (χ2v) is 6.22. The van der Waals surface area contributed by atoms with Gasteiger partial charge in [0.1, 0.15) is 0 Å². The first-order valence-electron chi connectivity index (χ1n) is 7.20. The molecule has 1 rings (SSSR count). The second kappa shape index (κ2) is 9.55. The number of hydrogen-bond acceptors (Lipinski definition) is 2. The number of rotatable bonds is 9. The number of aryl methyl sites for hydroxylation is 1. The third-order valence-corrected chi connectivity index (χ3v) is 3.83. The number of carbonyl (C=O) groups is 2. The zero-order valence-corrected chi connectivity index (χ0v) is 13.9. The highest BCUT2D eigenvalue weighted by atomic mass is 79.9. The number of carboxylic acid groups (broad SMARTS) is 1. The van der Waals surface area contributed by atoms with Crippen molar-refractivity contribution in [3.8, 4) is 0 Å². The summed E-state index contributed by atoms with van der Waals surface area (Å²) in [5, 5.41) is 11.5. The minimum Gasteiger partial charge on any atom is -0.481 e. The van der Waals surface area contributed by atoms with Crippen LogP contribution in [0.1, 0.15) is 38.2 Å². The lowest BCUT2D eigenvalue weighted by atomic mass is 10.0. The van der Waals surface area contributed by atoms with Gasteiger partial charge < -0.3 is 10.4 Å². The van der Waals surface area contributed by atoms with Crippen LogP contribution in [0.5, 0.6) is 0 Å². The van der Waals surface area contributed by atoms with Crippen LogP contribution in [0, 0.1) is 5.92 Å². The quantitative estimate of drug-likeness (QED) is 0.713. The van der Waals surface area contributed by atoms with E-state index in [4.69, 9.17) is 5.11 Å². The summed E-state index contributed by atoms with van der Waals surface area (Å²) in [7, 11) is 0. The number of carboxylic acids is 1. The Balaban J connectivity index is 2.15. The maximum absolute atomic E-state index is 11.7. The van der Waals surface area contributed by atoms with Gasteiger partial charge in [-0.2, -0.15) is 0 Å². The predicted molar refractivity (Wildman–Crippen MR) is 86.1 cm³/mol. The van der Waals surface area contributed by atoms with Gasteiger partial charge in [0.05, 0.1) is 0 Å².